The number of hydrogen-bond acceptors (Lipinski definition) is 4. The molecule has 0 fully saturated rings. The molecule has 4 nitrogen and oxygen atoms in total. The van der Waals surface area contributed by atoms with Crippen LogP contribution in [0.15, 0.2) is 53.4 Å². The summed E-state index contributed by atoms with van der Waals surface area (Å²) in [7, 11) is 0. The number of hydrogen-bond donors (Lipinski definition) is 1. The van der Waals surface area contributed by atoms with E-state index in [1.54, 1.807) is 18.2 Å². The lowest BCUT2D eigenvalue weighted by Crippen LogP contribution is -2.22. The lowest BCUT2D eigenvalue weighted by atomic mass is 10.3. The summed E-state index contributed by atoms with van der Waals surface area (Å²) >= 11 is 9.24. The molecule has 2 aromatic rings. The molecular weight excluding hydrogens is 449 g/mol. The zero-order valence-corrected chi connectivity index (χ0v) is 15.7. The van der Waals surface area contributed by atoms with Gasteiger partial charge in [-0.1, -0.05) is 23.7 Å². The van der Waals surface area contributed by atoms with E-state index < -0.39 is 5.97 Å². The Labute approximate surface area is 157 Å². The number of para-hydroxylation sites is 1. The Bertz CT molecular complexity index is 694. The van der Waals surface area contributed by atoms with Gasteiger partial charge < -0.3 is 10.1 Å². The molecule has 2 rings (SSSR count). The fourth-order valence-electron chi connectivity index (χ4n) is 1.61. The van der Waals surface area contributed by atoms with Gasteiger partial charge in [-0.3, -0.25) is 9.59 Å². The van der Waals surface area contributed by atoms with Gasteiger partial charge >= 0.3 is 5.97 Å². The molecule has 0 radical (unpaired) electrons. The SMILES string of the molecule is O=C(COC(=O)CSc1ccc(Cl)cc1)Nc1ccccc1I. The fraction of sp³-hybridized carbons (Fsp3) is 0.125. The Balaban J connectivity index is 1.72. The summed E-state index contributed by atoms with van der Waals surface area (Å²) in [6.45, 7) is -0.301. The number of halogens is 2. The highest BCUT2D eigenvalue weighted by Gasteiger charge is 2.09. The Kier molecular flexibility index (Phi) is 7.19. The molecule has 0 aromatic heterocycles. The number of ether oxygens (including phenoxy) is 1. The molecule has 1 amide bonds. The predicted molar refractivity (Wildman–Crippen MR) is 101 cm³/mol. The third-order valence-corrected chi connectivity index (χ3v) is 4.86. The monoisotopic (exact) mass is 461 g/mol. The summed E-state index contributed by atoms with van der Waals surface area (Å²) in [6, 6.07) is 14.5. The summed E-state index contributed by atoms with van der Waals surface area (Å²) in [5, 5.41) is 3.34. The Morgan fingerprint density at radius 1 is 1.13 bits per heavy atom. The van der Waals surface area contributed by atoms with Crippen molar-refractivity contribution in [3.63, 3.8) is 0 Å². The van der Waals surface area contributed by atoms with Crippen molar-refractivity contribution in [2.24, 2.45) is 0 Å². The van der Waals surface area contributed by atoms with Gasteiger partial charge in [-0.2, -0.15) is 0 Å². The largest absolute Gasteiger partial charge is 0.455 e. The number of carbonyl (C=O) groups excluding carboxylic acids is 2. The highest BCUT2D eigenvalue weighted by molar-refractivity contribution is 14.1. The molecule has 0 aliphatic carbocycles. The molecule has 1 N–H and O–H groups in total. The standard InChI is InChI=1S/C16H13ClINO3S/c17-11-5-7-12(8-6-11)23-10-16(21)22-9-15(20)19-14-4-2-1-3-13(14)18/h1-8H,9-10H2,(H,19,20). The second-order valence-corrected chi connectivity index (χ2v) is 7.08. The summed E-state index contributed by atoms with van der Waals surface area (Å²) < 4.78 is 5.88. The Hall–Kier alpha value is -1.25. The first kappa shape index (κ1) is 18.1. The molecule has 7 heteroatoms. The van der Waals surface area contributed by atoms with Crippen LogP contribution in [0.3, 0.4) is 0 Å². The van der Waals surface area contributed by atoms with E-state index in [-0.39, 0.29) is 18.3 Å². The summed E-state index contributed by atoms with van der Waals surface area (Å²) in [5.41, 5.74) is 0.699. The van der Waals surface area contributed by atoms with E-state index in [0.717, 1.165) is 8.47 Å². The molecular formula is C16H13ClINO3S. The highest BCUT2D eigenvalue weighted by atomic mass is 127. The number of thioether (sulfide) groups is 1. The average molecular weight is 462 g/mol. The van der Waals surface area contributed by atoms with Crippen molar-refractivity contribution in [1.29, 1.82) is 0 Å². The number of amides is 1. The van der Waals surface area contributed by atoms with E-state index in [9.17, 15) is 9.59 Å². The molecule has 0 saturated carbocycles. The summed E-state index contributed by atoms with van der Waals surface area (Å²) in [6.07, 6.45) is 0. The third kappa shape index (κ3) is 6.40. The minimum atomic E-state index is -0.442. The molecule has 0 bridgehead atoms. The van der Waals surface area contributed by atoms with E-state index >= 15 is 0 Å². The van der Waals surface area contributed by atoms with Gasteiger partial charge in [0.05, 0.1) is 11.4 Å². The van der Waals surface area contributed by atoms with E-state index in [4.69, 9.17) is 16.3 Å². The predicted octanol–water partition coefficient (Wildman–Crippen LogP) is 4.22. The third-order valence-electron chi connectivity index (χ3n) is 2.68. The van der Waals surface area contributed by atoms with Gasteiger partial charge in [-0.15, -0.1) is 11.8 Å². The van der Waals surface area contributed by atoms with Crippen molar-refractivity contribution < 1.29 is 14.3 Å². The lowest BCUT2D eigenvalue weighted by molar-refractivity contribution is -0.144. The number of esters is 1. The molecule has 0 spiro atoms. The molecule has 23 heavy (non-hydrogen) atoms. The Morgan fingerprint density at radius 3 is 2.52 bits per heavy atom. The molecule has 0 atom stereocenters. The van der Waals surface area contributed by atoms with Crippen LogP contribution in [-0.2, 0) is 14.3 Å². The van der Waals surface area contributed by atoms with E-state index in [2.05, 4.69) is 27.9 Å². The van der Waals surface area contributed by atoms with Gasteiger partial charge in [-0.05, 0) is 59.0 Å². The van der Waals surface area contributed by atoms with Crippen molar-refractivity contribution in [3.8, 4) is 0 Å². The zero-order chi connectivity index (χ0) is 16.7. The smallest absolute Gasteiger partial charge is 0.316 e. The Morgan fingerprint density at radius 2 is 1.83 bits per heavy atom. The van der Waals surface area contributed by atoms with Gasteiger partial charge in [0.25, 0.3) is 5.91 Å². The van der Waals surface area contributed by atoms with Crippen LogP contribution >= 0.6 is 46.0 Å². The molecule has 0 heterocycles. The number of rotatable bonds is 6. The minimum Gasteiger partial charge on any atom is -0.455 e. The van der Waals surface area contributed by atoms with Crippen molar-refractivity contribution in [3.05, 3.63) is 57.1 Å². The van der Waals surface area contributed by atoms with Crippen molar-refractivity contribution in [2.45, 2.75) is 4.90 Å². The van der Waals surface area contributed by atoms with Gasteiger partial charge in [0.15, 0.2) is 6.61 Å². The van der Waals surface area contributed by atoms with Crippen LogP contribution in [0.2, 0.25) is 5.02 Å². The second kappa shape index (κ2) is 9.14. The molecule has 0 aliphatic rings. The highest BCUT2D eigenvalue weighted by Crippen LogP contribution is 2.20. The number of benzene rings is 2. The second-order valence-electron chi connectivity index (χ2n) is 4.43. The maximum atomic E-state index is 11.8. The number of nitrogens with one attached hydrogen (secondary N) is 1. The van der Waals surface area contributed by atoms with Crippen LogP contribution in [0, 0.1) is 3.57 Å². The fourth-order valence-corrected chi connectivity index (χ4v) is 2.95. The minimum absolute atomic E-state index is 0.137. The summed E-state index contributed by atoms with van der Waals surface area (Å²) in [5.74, 6) is -0.667. The van der Waals surface area contributed by atoms with Crippen molar-refractivity contribution in [2.75, 3.05) is 17.7 Å². The summed E-state index contributed by atoms with van der Waals surface area (Å²) in [4.78, 5) is 24.3. The average Bonchev–Trinajstić information content (AvgIpc) is 2.54. The van der Waals surface area contributed by atoms with Gasteiger partial charge in [0, 0.05) is 13.5 Å². The van der Waals surface area contributed by atoms with E-state index in [1.165, 1.54) is 11.8 Å². The first-order valence-electron chi connectivity index (χ1n) is 6.63. The van der Waals surface area contributed by atoms with Crippen LogP contribution in [0.5, 0.6) is 0 Å². The van der Waals surface area contributed by atoms with E-state index in [1.807, 2.05) is 30.3 Å². The van der Waals surface area contributed by atoms with Gasteiger partial charge in [-0.25, -0.2) is 0 Å². The van der Waals surface area contributed by atoms with E-state index in [0.29, 0.717) is 10.7 Å². The molecule has 2 aromatic carbocycles. The first-order valence-corrected chi connectivity index (χ1v) is 9.07. The van der Waals surface area contributed by atoms with Gasteiger partial charge in [0.2, 0.25) is 0 Å². The van der Waals surface area contributed by atoms with Crippen LogP contribution in [0.4, 0.5) is 5.69 Å². The number of carbonyl (C=O) groups is 2. The van der Waals surface area contributed by atoms with Crippen LogP contribution in [-0.4, -0.2) is 24.2 Å². The van der Waals surface area contributed by atoms with Crippen molar-refractivity contribution in [1.82, 2.24) is 0 Å². The number of anilines is 1. The zero-order valence-electron chi connectivity index (χ0n) is 11.9. The van der Waals surface area contributed by atoms with Gasteiger partial charge in [0.1, 0.15) is 0 Å². The quantitative estimate of drug-likeness (QED) is 0.398. The molecule has 0 aliphatic heterocycles. The van der Waals surface area contributed by atoms with Crippen LogP contribution in [0.1, 0.15) is 0 Å². The lowest BCUT2D eigenvalue weighted by Gasteiger charge is -2.08. The molecule has 120 valence electrons. The molecule has 0 unspecified atom stereocenters. The van der Waals surface area contributed by atoms with Crippen LogP contribution in [0.25, 0.3) is 0 Å². The topological polar surface area (TPSA) is 55.4 Å². The van der Waals surface area contributed by atoms with Crippen molar-refractivity contribution >= 4 is 63.5 Å². The van der Waals surface area contributed by atoms with Crippen LogP contribution < -0.4 is 5.32 Å². The maximum absolute atomic E-state index is 11.8. The first-order chi connectivity index (χ1) is 11.0. The normalized spacial score (nSPS) is 10.2. The molecule has 0 saturated heterocycles. The maximum Gasteiger partial charge on any atom is 0.316 e.